The molecule has 0 aromatic carbocycles. The first-order valence-electron chi connectivity index (χ1n) is 5.65. The molecule has 2 unspecified atom stereocenters. The molecule has 3 N–H and O–H groups in total. The van der Waals surface area contributed by atoms with E-state index in [-0.39, 0.29) is 11.5 Å². The Morgan fingerprint density at radius 2 is 2.38 bits per heavy atom. The Hall–Kier alpha value is -0.450. The fraction of sp³-hybridized carbons (Fsp3) is 0.583. The third kappa shape index (κ3) is 2.29. The smallest absolute Gasteiger partial charge is 0.0612 e. The van der Waals surface area contributed by atoms with E-state index in [0.29, 0.717) is 6.54 Å². The Morgan fingerprint density at radius 3 is 2.88 bits per heavy atom. The highest BCUT2D eigenvalue weighted by molar-refractivity contribution is 9.10. The topological polar surface area (TPSA) is 59.1 Å². The SMILES string of the molecule is NCC1(Cc2ccc(Br)cn2)CCCC1O. The lowest BCUT2D eigenvalue weighted by Gasteiger charge is -2.30. The van der Waals surface area contributed by atoms with E-state index in [1.54, 1.807) is 6.20 Å². The number of aliphatic hydroxyl groups is 1. The average molecular weight is 285 g/mol. The van der Waals surface area contributed by atoms with E-state index in [1.165, 1.54) is 0 Å². The molecule has 0 bridgehead atoms. The average Bonchev–Trinajstić information content (AvgIpc) is 2.64. The van der Waals surface area contributed by atoms with Crippen molar-refractivity contribution in [1.82, 2.24) is 4.98 Å². The number of nitrogens with two attached hydrogens (primary N) is 1. The molecule has 1 saturated carbocycles. The third-order valence-corrected chi connectivity index (χ3v) is 4.06. The molecule has 1 aromatic heterocycles. The van der Waals surface area contributed by atoms with Crippen molar-refractivity contribution in [3.8, 4) is 0 Å². The minimum Gasteiger partial charge on any atom is -0.392 e. The molecule has 0 amide bonds. The Bertz CT molecular complexity index is 355. The Morgan fingerprint density at radius 1 is 1.56 bits per heavy atom. The molecule has 88 valence electrons. The fourth-order valence-electron chi connectivity index (χ4n) is 2.51. The molecular weight excluding hydrogens is 268 g/mol. The molecule has 1 aliphatic rings. The zero-order chi connectivity index (χ0) is 11.6. The molecule has 1 aromatic rings. The molecule has 4 heteroatoms. The standard InChI is InChI=1S/C12H17BrN2O/c13-9-3-4-10(15-7-9)6-12(8-14)5-1-2-11(12)16/h3-4,7,11,16H,1-2,5-6,8,14H2. The first kappa shape index (κ1) is 12.0. The summed E-state index contributed by atoms with van der Waals surface area (Å²) in [5.41, 5.74) is 6.70. The summed E-state index contributed by atoms with van der Waals surface area (Å²) >= 11 is 3.36. The molecule has 3 nitrogen and oxygen atoms in total. The maximum atomic E-state index is 10.0. The van der Waals surface area contributed by atoms with Crippen molar-refractivity contribution in [2.75, 3.05) is 6.54 Å². The highest BCUT2D eigenvalue weighted by Crippen LogP contribution is 2.40. The summed E-state index contributed by atoms with van der Waals surface area (Å²) in [6.45, 7) is 0.534. The number of hydrogen-bond acceptors (Lipinski definition) is 3. The van der Waals surface area contributed by atoms with Crippen molar-refractivity contribution in [1.29, 1.82) is 0 Å². The van der Waals surface area contributed by atoms with E-state index in [4.69, 9.17) is 5.73 Å². The van der Waals surface area contributed by atoms with Gasteiger partial charge in [0.2, 0.25) is 0 Å². The van der Waals surface area contributed by atoms with Crippen LogP contribution in [0.25, 0.3) is 0 Å². The van der Waals surface area contributed by atoms with Crippen molar-refractivity contribution >= 4 is 15.9 Å². The zero-order valence-corrected chi connectivity index (χ0v) is 10.8. The maximum absolute atomic E-state index is 10.0. The van der Waals surface area contributed by atoms with E-state index in [9.17, 15) is 5.11 Å². The van der Waals surface area contributed by atoms with Crippen LogP contribution in [0.3, 0.4) is 0 Å². The molecule has 16 heavy (non-hydrogen) atoms. The number of halogens is 1. The predicted octanol–water partition coefficient (Wildman–Crippen LogP) is 1.88. The summed E-state index contributed by atoms with van der Waals surface area (Å²) in [7, 11) is 0. The van der Waals surface area contributed by atoms with Gasteiger partial charge in [-0.1, -0.05) is 6.42 Å². The first-order chi connectivity index (χ1) is 7.66. The van der Waals surface area contributed by atoms with E-state index in [1.807, 2.05) is 12.1 Å². The maximum Gasteiger partial charge on any atom is 0.0612 e. The van der Waals surface area contributed by atoms with Gasteiger partial charge >= 0.3 is 0 Å². The molecule has 1 fully saturated rings. The van der Waals surface area contributed by atoms with Crippen LogP contribution < -0.4 is 5.73 Å². The molecule has 1 heterocycles. The summed E-state index contributed by atoms with van der Waals surface area (Å²) < 4.78 is 0.977. The number of aromatic nitrogens is 1. The molecule has 0 radical (unpaired) electrons. The van der Waals surface area contributed by atoms with Gasteiger partial charge in [0.1, 0.15) is 0 Å². The molecule has 2 atom stereocenters. The summed E-state index contributed by atoms with van der Waals surface area (Å²) in [6.07, 6.45) is 5.23. The number of hydrogen-bond donors (Lipinski definition) is 2. The van der Waals surface area contributed by atoms with Gasteiger partial charge in [-0.2, -0.15) is 0 Å². The van der Waals surface area contributed by atoms with Crippen LogP contribution in [0.1, 0.15) is 25.0 Å². The van der Waals surface area contributed by atoms with Gasteiger partial charge in [-0.25, -0.2) is 0 Å². The largest absolute Gasteiger partial charge is 0.392 e. The Balaban J connectivity index is 2.15. The van der Waals surface area contributed by atoms with Crippen LogP contribution in [0, 0.1) is 5.41 Å². The highest BCUT2D eigenvalue weighted by Gasteiger charge is 2.41. The number of pyridine rings is 1. The monoisotopic (exact) mass is 284 g/mol. The summed E-state index contributed by atoms with van der Waals surface area (Å²) in [4.78, 5) is 4.36. The van der Waals surface area contributed by atoms with Crippen LogP contribution in [-0.4, -0.2) is 22.7 Å². The number of rotatable bonds is 3. The van der Waals surface area contributed by atoms with Crippen LogP contribution in [-0.2, 0) is 6.42 Å². The van der Waals surface area contributed by atoms with Crippen LogP contribution in [0.15, 0.2) is 22.8 Å². The van der Waals surface area contributed by atoms with Gasteiger partial charge in [0.25, 0.3) is 0 Å². The second kappa shape index (κ2) is 4.82. The van der Waals surface area contributed by atoms with Crippen LogP contribution in [0.2, 0.25) is 0 Å². The number of aliphatic hydroxyl groups excluding tert-OH is 1. The van der Waals surface area contributed by atoms with Gasteiger partial charge in [-0.3, -0.25) is 4.98 Å². The van der Waals surface area contributed by atoms with Crippen molar-refractivity contribution in [2.24, 2.45) is 11.1 Å². The minimum absolute atomic E-state index is 0.152. The lowest BCUT2D eigenvalue weighted by molar-refractivity contribution is 0.0581. The fourth-order valence-corrected chi connectivity index (χ4v) is 2.74. The quantitative estimate of drug-likeness (QED) is 0.891. The minimum atomic E-state index is -0.275. The zero-order valence-electron chi connectivity index (χ0n) is 9.19. The molecule has 2 rings (SSSR count). The predicted molar refractivity (Wildman–Crippen MR) is 67.0 cm³/mol. The van der Waals surface area contributed by atoms with Gasteiger partial charge in [0, 0.05) is 28.3 Å². The van der Waals surface area contributed by atoms with E-state index in [2.05, 4.69) is 20.9 Å². The van der Waals surface area contributed by atoms with E-state index < -0.39 is 0 Å². The van der Waals surface area contributed by atoms with E-state index in [0.717, 1.165) is 35.8 Å². The molecule has 0 saturated heterocycles. The van der Waals surface area contributed by atoms with Crippen LogP contribution in [0.5, 0.6) is 0 Å². The normalized spacial score (nSPS) is 29.6. The lowest BCUT2D eigenvalue weighted by Crippen LogP contribution is -2.39. The van der Waals surface area contributed by atoms with Gasteiger partial charge in [0.05, 0.1) is 6.10 Å². The molecule has 1 aliphatic carbocycles. The van der Waals surface area contributed by atoms with E-state index >= 15 is 0 Å². The summed E-state index contributed by atoms with van der Waals surface area (Å²) in [6, 6.07) is 3.97. The second-order valence-corrected chi connectivity index (χ2v) is 5.53. The molecule has 0 spiro atoms. The summed E-state index contributed by atoms with van der Waals surface area (Å²) in [5, 5.41) is 10.0. The van der Waals surface area contributed by atoms with Crippen molar-refractivity contribution in [2.45, 2.75) is 31.8 Å². The van der Waals surface area contributed by atoms with Crippen molar-refractivity contribution in [3.05, 3.63) is 28.5 Å². The summed E-state index contributed by atoms with van der Waals surface area (Å²) in [5.74, 6) is 0. The molecule has 0 aliphatic heterocycles. The third-order valence-electron chi connectivity index (χ3n) is 3.59. The molecular formula is C12H17BrN2O. The highest BCUT2D eigenvalue weighted by atomic mass is 79.9. The van der Waals surface area contributed by atoms with Gasteiger partial charge in [-0.15, -0.1) is 0 Å². The van der Waals surface area contributed by atoms with Crippen molar-refractivity contribution < 1.29 is 5.11 Å². The van der Waals surface area contributed by atoms with Crippen molar-refractivity contribution in [3.63, 3.8) is 0 Å². The lowest BCUT2D eigenvalue weighted by atomic mass is 9.79. The Labute approximate surface area is 104 Å². The number of nitrogens with zero attached hydrogens (tertiary/aromatic N) is 1. The van der Waals surface area contributed by atoms with Gasteiger partial charge < -0.3 is 10.8 Å². The van der Waals surface area contributed by atoms with Crippen LogP contribution in [0.4, 0.5) is 0 Å². The first-order valence-corrected chi connectivity index (χ1v) is 6.44. The Kier molecular flexibility index (Phi) is 3.62. The second-order valence-electron chi connectivity index (χ2n) is 4.62. The van der Waals surface area contributed by atoms with Gasteiger partial charge in [0.15, 0.2) is 0 Å². The van der Waals surface area contributed by atoms with Gasteiger partial charge in [-0.05, 0) is 47.3 Å². The van der Waals surface area contributed by atoms with Crippen LogP contribution >= 0.6 is 15.9 Å².